The van der Waals surface area contributed by atoms with Crippen molar-refractivity contribution in [1.29, 1.82) is 0 Å². The van der Waals surface area contributed by atoms with Crippen molar-refractivity contribution < 1.29 is 9.53 Å². The van der Waals surface area contributed by atoms with Crippen LogP contribution in [-0.2, 0) is 9.53 Å². The van der Waals surface area contributed by atoms with Crippen LogP contribution in [-0.4, -0.2) is 16.8 Å². The molecule has 0 spiro atoms. The van der Waals surface area contributed by atoms with Gasteiger partial charge in [0.1, 0.15) is 4.83 Å². The number of carbonyl (C=O) groups excluding carboxylic acids is 1. The number of nitrogens with one attached hydrogen (secondary N) is 1. The molecule has 1 aromatic carbocycles. The monoisotopic (exact) mass is 297 g/mol. The van der Waals surface area contributed by atoms with Crippen LogP contribution in [0.1, 0.15) is 31.6 Å². The molecule has 1 amide bonds. The molecule has 0 saturated carbocycles. The first-order chi connectivity index (χ1) is 8.22. The fraction of sp³-hybridized carbons (Fsp3) is 0.462. The van der Waals surface area contributed by atoms with Crippen molar-refractivity contribution in [3.63, 3.8) is 0 Å². The van der Waals surface area contributed by atoms with Crippen molar-refractivity contribution >= 4 is 21.8 Å². The lowest BCUT2D eigenvalue weighted by molar-refractivity contribution is -0.141. The van der Waals surface area contributed by atoms with Crippen molar-refractivity contribution in [2.45, 2.75) is 36.9 Å². The third kappa shape index (κ3) is 2.87. The molecule has 0 aromatic heterocycles. The highest BCUT2D eigenvalue weighted by molar-refractivity contribution is 9.10. The summed E-state index contributed by atoms with van der Waals surface area (Å²) in [5, 5.41) is 2.86. The summed E-state index contributed by atoms with van der Waals surface area (Å²) in [6.07, 6.45) is 1.50. The summed E-state index contributed by atoms with van der Waals surface area (Å²) in [5.41, 5.74) is 0.987. The molecule has 1 aliphatic rings. The maximum atomic E-state index is 11.8. The molecule has 0 bridgehead atoms. The molecule has 4 heteroatoms. The lowest BCUT2D eigenvalue weighted by Crippen LogP contribution is -2.49. The van der Waals surface area contributed by atoms with Gasteiger partial charge < -0.3 is 10.1 Å². The highest BCUT2D eigenvalue weighted by atomic mass is 79.9. The Labute approximate surface area is 110 Å². The molecule has 3 atom stereocenters. The first kappa shape index (κ1) is 12.6. The van der Waals surface area contributed by atoms with E-state index in [4.69, 9.17) is 4.74 Å². The van der Waals surface area contributed by atoms with E-state index in [1.54, 1.807) is 0 Å². The zero-order chi connectivity index (χ0) is 12.3. The van der Waals surface area contributed by atoms with Gasteiger partial charge >= 0.3 is 0 Å². The number of halogens is 1. The van der Waals surface area contributed by atoms with Gasteiger partial charge in [0.05, 0.1) is 6.10 Å². The number of alkyl halides is 1. The van der Waals surface area contributed by atoms with Crippen LogP contribution in [0.4, 0.5) is 0 Å². The molecule has 1 aliphatic heterocycles. The highest BCUT2D eigenvalue weighted by Crippen LogP contribution is 2.27. The second-order valence-electron chi connectivity index (χ2n) is 4.16. The molecule has 0 radical (unpaired) electrons. The van der Waals surface area contributed by atoms with E-state index in [2.05, 4.69) is 28.2 Å². The quantitative estimate of drug-likeness (QED) is 0.871. The minimum Gasteiger partial charge on any atom is -0.349 e. The van der Waals surface area contributed by atoms with Crippen LogP contribution >= 0.6 is 15.9 Å². The van der Waals surface area contributed by atoms with Gasteiger partial charge in [-0.05, 0) is 6.42 Å². The van der Waals surface area contributed by atoms with Crippen LogP contribution in [0.15, 0.2) is 30.3 Å². The number of ether oxygens (including phenoxy) is 1. The summed E-state index contributed by atoms with van der Waals surface area (Å²) in [4.78, 5) is 11.6. The summed E-state index contributed by atoms with van der Waals surface area (Å²) >= 11 is 3.38. The zero-order valence-electron chi connectivity index (χ0n) is 9.73. The van der Waals surface area contributed by atoms with Gasteiger partial charge in [-0.25, -0.2) is 0 Å². The van der Waals surface area contributed by atoms with Crippen LogP contribution in [0.25, 0.3) is 0 Å². The van der Waals surface area contributed by atoms with Gasteiger partial charge in [0.2, 0.25) is 5.91 Å². The fourth-order valence-electron chi connectivity index (χ4n) is 1.94. The van der Waals surface area contributed by atoms with Crippen molar-refractivity contribution in [2.75, 3.05) is 0 Å². The van der Waals surface area contributed by atoms with Gasteiger partial charge in [0.15, 0.2) is 6.23 Å². The Bertz CT molecular complexity index is 382. The van der Waals surface area contributed by atoms with Crippen LogP contribution in [0.3, 0.4) is 0 Å². The smallest absolute Gasteiger partial charge is 0.238 e. The van der Waals surface area contributed by atoms with E-state index in [1.165, 1.54) is 0 Å². The molecule has 2 rings (SSSR count). The first-order valence-corrected chi connectivity index (χ1v) is 6.78. The zero-order valence-corrected chi connectivity index (χ0v) is 11.3. The lowest BCUT2D eigenvalue weighted by atomic mass is 10.1. The molecule has 1 saturated heterocycles. The third-order valence-electron chi connectivity index (χ3n) is 2.84. The maximum Gasteiger partial charge on any atom is 0.238 e. The SMILES string of the molecule is CCC[C@@H]1O[C@H](c2ccccc2)NC(=O)[C@@H]1Br. The third-order valence-corrected chi connectivity index (χ3v) is 3.84. The van der Waals surface area contributed by atoms with E-state index in [0.717, 1.165) is 18.4 Å². The number of carbonyl (C=O) groups is 1. The van der Waals surface area contributed by atoms with E-state index >= 15 is 0 Å². The Morgan fingerprint density at radius 1 is 1.35 bits per heavy atom. The molecule has 1 fully saturated rings. The van der Waals surface area contributed by atoms with E-state index in [1.807, 2.05) is 30.3 Å². The van der Waals surface area contributed by atoms with Crippen LogP contribution in [0.2, 0.25) is 0 Å². The number of hydrogen-bond donors (Lipinski definition) is 1. The van der Waals surface area contributed by atoms with Crippen molar-refractivity contribution in [1.82, 2.24) is 5.32 Å². The van der Waals surface area contributed by atoms with E-state index in [9.17, 15) is 4.79 Å². The maximum absolute atomic E-state index is 11.8. The van der Waals surface area contributed by atoms with Crippen molar-refractivity contribution in [2.24, 2.45) is 0 Å². The van der Waals surface area contributed by atoms with Gasteiger partial charge in [-0.1, -0.05) is 59.6 Å². The molecular formula is C13H16BrNO2. The van der Waals surface area contributed by atoms with Crippen molar-refractivity contribution in [3.8, 4) is 0 Å². The molecule has 3 nitrogen and oxygen atoms in total. The standard InChI is InChI=1S/C13H16BrNO2/c1-2-6-10-11(14)12(16)15-13(17-10)9-7-4-3-5-8-9/h3-5,7-8,10-11,13H,2,6H2,1H3,(H,15,16)/t10-,11+,13+/m0/s1. The van der Waals surface area contributed by atoms with Crippen molar-refractivity contribution in [3.05, 3.63) is 35.9 Å². The molecular weight excluding hydrogens is 282 g/mol. The second kappa shape index (κ2) is 5.65. The van der Waals surface area contributed by atoms with Gasteiger partial charge in [-0.15, -0.1) is 0 Å². The lowest BCUT2D eigenvalue weighted by Gasteiger charge is -2.34. The van der Waals surface area contributed by atoms with Gasteiger partial charge in [0.25, 0.3) is 0 Å². The predicted molar refractivity (Wildman–Crippen MR) is 69.8 cm³/mol. The number of rotatable bonds is 3. The molecule has 92 valence electrons. The fourth-order valence-corrected chi connectivity index (χ4v) is 2.47. The average molecular weight is 298 g/mol. The minimum absolute atomic E-state index is 0.00329. The summed E-state index contributed by atoms with van der Waals surface area (Å²) in [5.74, 6) is 0.00329. The largest absolute Gasteiger partial charge is 0.349 e. The van der Waals surface area contributed by atoms with E-state index in [0.29, 0.717) is 0 Å². The molecule has 17 heavy (non-hydrogen) atoms. The van der Waals surface area contributed by atoms with E-state index in [-0.39, 0.29) is 23.1 Å². The highest BCUT2D eigenvalue weighted by Gasteiger charge is 2.35. The van der Waals surface area contributed by atoms with Gasteiger partial charge in [-0.3, -0.25) is 4.79 Å². The first-order valence-electron chi connectivity index (χ1n) is 5.87. The number of amides is 1. The topological polar surface area (TPSA) is 38.3 Å². The molecule has 0 aliphatic carbocycles. The molecule has 1 heterocycles. The summed E-state index contributed by atoms with van der Waals surface area (Å²) in [6.45, 7) is 2.09. The predicted octanol–water partition coefficient (Wildman–Crippen LogP) is 2.76. The van der Waals surface area contributed by atoms with Crippen LogP contribution in [0, 0.1) is 0 Å². The van der Waals surface area contributed by atoms with Crippen LogP contribution < -0.4 is 5.32 Å². The summed E-state index contributed by atoms with van der Waals surface area (Å²) in [7, 11) is 0. The average Bonchev–Trinajstić information content (AvgIpc) is 2.36. The Balaban J connectivity index is 2.13. The summed E-state index contributed by atoms with van der Waals surface area (Å²) < 4.78 is 5.92. The summed E-state index contributed by atoms with van der Waals surface area (Å²) in [6, 6.07) is 9.76. The van der Waals surface area contributed by atoms with Gasteiger partial charge in [0, 0.05) is 5.56 Å². The minimum atomic E-state index is -0.325. The van der Waals surface area contributed by atoms with E-state index < -0.39 is 0 Å². The Hall–Kier alpha value is -0.870. The normalized spacial score (nSPS) is 28.8. The van der Waals surface area contributed by atoms with Crippen LogP contribution in [0.5, 0.6) is 0 Å². The number of benzene rings is 1. The second-order valence-corrected chi connectivity index (χ2v) is 5.15. The Morgan fingerprint density at radius 2 is 2.06 bits per heavy atom. The molecule has 1 N–H and O–H groups in total. The Kier molecular flexibility index (Phi) is 4.18. The molecule has 1 aromatic rings. The Morgan fingerprint density at radius 3 is 2.71 bits per heavy atom. The van der Waals surface area contributed by atoms with Gasteiger partial charge in [-0.2, -0.15) is 0 Å². The number of hydrogen-bond acceptors (Lipinski definition) is 2. The molecule has 0 unspecified atom stereocenters.